The van der Waals surface area contributed by atoms with Crippen molar-refractivity contribution in [2.24, 2.45) is 0 Å². The van der Waals surface area contributed by atoms with Gasteiger partial charge in [0.15, 0.2) is 7.38 Å². The topological polar surface area (TPSA) is 0 Å². The summed E-state index contributed by atoms with van der Waals surface area (Å²) in [4.78, 5) is 0. The Kier molecular flexibility index (Phi) is 1.82. The van der Waals surface area contributed by atoms with Crippen LogP contribution in [0.5, 0.6) is 0 Å². The lowest BCUT2D eigenvalue weighted by Crippen LogP contribution is -2.18. The van der Waals surface area contributed by atoms with Crippen molar-refractivity contribution in [1.29, 1.82) is 0 Å². The molecule has 9 heavy (non-hydrogen) atoms. The van der Waals surface area contributed by atoms with Crippen LogP contribution in [-0.2, 0) is 0 Å². The first-order valence-corrected chi connectivity index (χ1v) is 7.18. The molecule has 0 bridgehead atoms. The number of rotatable bonds is 1. The lowest BCUT2D eigenvalue weighted by atomic mass is 10.5. The zero-order valence-electron chi connectivity index (χ0n) is 5.82. The van der Waals surface area contributed by atoms with E-state index in [-0.39, 0.29) is 0 Å². The average molecular weight is 159 g/mol. The third-order valence-electron chi connectivity index (χ3n) is 1.46. The highest BCUT2D eigenvalue weighted by atomic mass is 35.6. The molecule has 0 saturated carbocycles. The van der Waals surface area contributed by atoms with Crippen molar-refractivity contribution in [3.05, 3.63) is 23.4 Å². The molecule has 0 aromatic heterocycles. The van der Waals surface area contributed by atoms with E-state index >= 15 is 0 Å². The normalized spacial score (nSPS) is 18.3. The van der Waals surface area contributed by atoms with E-state index in [4.69, 9.17) is 11.1 Å². The summed E-state index contributed by atoms with van der Waals surface area (Å²) in [5.74, 6) is 0. The summed E-state index contributed by atoms with van der Waals surface area (Å²) in [6, 6.07) is 0. The van der Waals surface area contributed by atoms with Gasteiger partial charge in [0.25, 0.3) is 0 Å². The van der Waals surface area contributed by atoms with Gasteiger partial charge in [0.05, 0.1) is 0 Å². The predicted molar refractivity (Wildman–Crippen MR) is 45.2 cm³/mol. The molecule has 0 nitrogen and oxygen atoms in total. The van der Waals surface area contributed by atoms with Crippen LogP contribution in [0.3, 0.4) is 0 Å². The fraction of sp³-hybridized carbons (Fsp3) is 0.429. The van der Waals surface area contributed by atoms with Gasteiger partial charge in [-0.1, -0.05) is 31.3 Å². The van der Waals surface area contributed by atoms with E-state index in [2.05, 4.69) is 31.3 Å². The minimum Gasteiger partial charge on any atom is -0.162 e. The SMILES string of the molecule is C[Si](C)(Cl)C1=CCC=C1. The van der Waals surface area contributed by atoms with Crippen LogP contribution in [0, 0.1) is 0 Å². The van der Waals surface area contributed by atoms with Gasteiger partial charge >= 0.3 is 0 Å². The molecule has 0 amide bonds. The second-order valence-corrected chi connectivity index (χ2v) is 9.13. The first-order valence-electron chi connectivity index (χ1n) is 3.17. The highest BCUT2D eigenvalue weighted by Gasteiger charge is 2.21. The summed E-state index contributed by atoms with van der Waals surface area (Å²) in [7, 11) is -1.48. The molecule has 0 radical (unpaired) electrons. The number of halogens is 1. The fourth-order valence-electron chi connectivity index (χ4n) is 0.899. The Balaban J connectivity index is 2.73. The van der Waals surface area contributed by atoms with E-state index in [0.29, 0.717) is 0 Å². The van der Waals surface area contributed by atoms with E-state index in [1.54, 1.807) is 0 Å². The van der Waals surface area contributed by atoms with Gasteiger partial charge in [-0.25, -0.2) is 0 Å². The molecule has 0 aliphatic heterocycles. The van der Waals surface area contributed by atoms with Gasteiger partial charge in [0, 0.05) is 0 Å². The summed E-state index contributed by atoms with van der Waals surface area (Å²) < 4.78 is 0. The predicted octanol–water partition coefficient (Wildman–Crippen LogP) is 2.86. The maximum absolute atomic E-state index is 6.16. The summed E-state index contributed by atoms with van der Waals surface area (Å²) in [5.41, 5.74) is 0. The van der Waals surface area contributed by atoms with Crippen molar-refractivity contribution < 1.29 is 0 Å². The van der Waals surface area contributed by atoms with Crippen LogP contribution in [-0.4, -0.2) is 7.38 Å². The molecule has 0 aromatic rings. The van der Waals surface area contributed by atoms with E-state index in [9.17, 15) is 0 Å². The molecule has 1 rings (SSSR count). The summed E-state index contributed by atoms with van der Waals surface area (Å²) >= 11 is 6.16. The fourth-order valence-corrected chi connectivity index (χ4v) is 2.44. The van der Waals surface area contributed by atoms with Crippen LogP contribution in [0.15, 0.2) is 23.4 Å². The van der Waals surface area contributed by atoms with Gasteiger partial charge in [-0.05, 0) is 11.6 Å². The zero-order chi connectivity index (χ0) is 6.91. The minimum atomic E-state index is -1.48. The molecular weight excluding hydrogens is 148 g/mol. The van der Waals surface area contributed by atoms with Crippen LogP contribution < -0.4 is 0 Å². The van der Waals surface area contributed by atoms with Gasteiger partial charge < -0.3 is 0 Å². The molecule has 0 saturated heterocycles. The van der Waals surface area contributed by atoms with E-state index in [1.165, 1.54) is 5.20 Å². The molecule has 0 aromatic carbocycles. The first-order chi connectivity index (χ1) is 4.11. The lowest BCUT2D eigenvalue weighted by molar-refractivity contribution is 1.45. The Hall–Kier alpha value is -0.0131. The standard InChI is InChI=1S/C7H11ClSi/c1-9(2,8)7-5-3-4-6-7/h3,5-6H,4H2,1-2H3. The summed E-state index contributed by atoms with van der Waals surface area (Å²) in [6.45, 7) is 4.30. The molecular formula is C7H11ClSi. The van der Waals surface area contributed by atoms with Crippen LogP contribution >= 0.6 is 11.1 Å². The average Bonchev–Trinajstić information content (AvgIpc) is 2.08. The second-order valence-electron chi connectivity index (χ2n) is 2.77. The van der Waals surface area contributed by atoms with Crippen molar-refractivity contribution in [1.82, 2.24) is 0 Å². The lowest BCUT2D eigenvalue weighted by Gasteiger charge is -2.11. The summed E-state index contributed by atoms with van der Waals surface area (Å²) in [5, 5.41) is 1.38. The van der Waals surface area contributed by atoms with Gasteiger partial charge in [0.1, 0.15) is 0 Å². The second kappa shape index (κ2) is 2.31. The third-order valence-corrected chi connectivity index (χ3v) is 3.86. The zero-order valence-corrected chi connectivity index (χ0v) is 7.57. The molecule has 0 N–H and O–H groups in total. The van der Waals surface area contributed by atoms with Crippen molar-refractivity contribution >= 4 is 18.5 Å². The largest absolute Gasteiger partial charge is 0.180 e. The van der Waals surface area contributed by atoms with E-state index < -0.39 is 7.38 Å². The van der Waals surface area contributed by atoms with Crippen LogP contribution in [0.2, 0.25) is 13.1 Å². The van der Waals surface area contributed by atoms with Crippen LogP contribution in [0.4, 0.5) is 0 Å². The quantitative estimate of drug-likeness (QED) is 0.407. The molecule has 1 aliphatic rings. The molecule has 0 spiro atoms. The van der Waals surface area contributed by atoms with Crippen LogP contribution in [0.25, 0.3) is 0 Å². The smallest absolute Gasteiger partial charge is 0.162 e. The number of hydrogen-bond donors (Lipinski definition) is 0. The molecule has 0 atom stereocenters. The minimum absolute atomic E-state index is 1.08. The number of hydrogen-bond acceptors (Lipinski definition) is 0. The Morgan fingerprint density at radius 3 is 2.44 bits per heavy atom. The van der Waals surface area contributed by atoms with Gasteiger partial charge in [0.2, 0.25) is 0 Å². The number of allylic oxidation sites excluding steroid dienone is 4. The maximum atomic E-state index is 6.16. The van der Waals surface area contributed by atoms with Crippen LogP contribution in [0.1, 0.15) is 6.42 Å². The van der Waals surface area contributed by atoms with E-state index in [1.807, 2.05) is 0 Å². The Morgan fingerprint density at radius 2 is 2.22 bits per heavy atom. The highest BCUT2D eigenvalue weighted by Crippen LogP contribution is 2.24. The first kappa shape index (κ1) is 7.10. The Bertz CT molecular complexity index is 162. The molecule has 50 valence electrons. The maximum Gasteiger partial charge on any atom is 0.180 e. The van der Waals surface area contributed by atoms with Crippen molar-refractivity contribution in [2.45, 2.75) is 19.5 Å². The monoisotopic (exact) mass is 158 g/mol. The van der Waals surface area contributed by atoms with E-state index in [0.717, 1.165) is 6.42 Å². The van der Waals surface area contributed by atoms with Crippen molar-refractivity contribution in [3.8, 4) is 0 Å². The van der Waals surface area contributed by atoms with Crippen molar-refractivity contribution in [3.63, 3.8) is 0 Å². The third kappa shape index (κ3) is 1.70. The van der Waals surface area contributed by atoms with Gasteiger partial charge in [-0.15, -0.1) is 0 Å². The Labute approximate surface area is 61.9 Å². The molecule has 2 heteroatoms. The van der Waals surface area contributed by atoms with Crippen molar-refractivity contribution in [2.75, 3.05) is 0 Å². The molecule has 0 unspecified atom stereocenters. The molecule has 0 heterocycles. The van der Waals surface area contributed by atoms with Gasteiger partial charge in [-0.2, -0.15) is 11.1 Å². The highest BCUT2D eigenvalue weighted by molar-refractivity contribution is 7.23. The summed E-state index contributed by atoms with van der Waals surface area (Å²) in [6.07, 6.45) is 7.61. The molecule has 0 fully saturated rings. The molecule has 1 aliphatic carbocycles. The Morgan fingerprint density at radius 1 is 1.56 bits per heavy atom. The van der Waals surface area contributed by atoms with Gasteiger partial charge in [-0.3, -0.25) is 0 Å².